The molecule has 3 N–H and O–H groups in total. The molecule has 1 aromatic rings. The lowest BCUT2D eigenvalue weighted by atomic mass is 9.88. The van der Waals surface area contributed by atoms with Crippen LogP contribution in [0.2, 0.25) is 0 Å². The summed E-state index contributed by atoms with van der Waals surface area (Å²) in [7, 11) is 0. The second kappa shape index (κ2) is 7.33. The summed E-state index contributed by atoms with van der Waals surface area (Å²) in [4.78, 5) is 13.7. The number of nitrogens with one attached hydrogen (secondary N) is 1. The number of rotatable bonds is 4. The van der Waals surface area contributed by atoms with Gasteiger partial charge in [0.1, 0.15) is 5.75 Å². The number of piperidine rings is 1. The number of unbranched alkanes of at least 4 members (excludes halogenated alkanes) is 1. The third-order valence-corrected chi connectivity index (χ3v) is 4.12. The molecule has 0 bridgehead atoms. The van der Waals surface area contributed by atoms with Crippen LogP contribution in [0.5, 0.6) is 11.5 Å². The van der Waals surface area contributed by atoms with Crippen molar-refractivity contribution in [3.63, 3.8) is 0 Å². The van der Waals surface area contributed by atoms with Crippen molar-refractivity contribution in [2.75, 3.05) is 19.6 Å². The van der Waals surface area contributed by atoms with Crippen molar-refractivity contribution in [2.45, 2.75) is 38.5 Å². The second-order valence-corrected chi connectivity index (χ2v) is 5.71. The number of carbonyl (C=O) groups is 1. The van der Waals surface area contributed by atoms with E-state index in [2.05, 4.69) is 12.2 Å². The van der Waals surface area contributed by atoms with Gasteiger partial charge in [-0.3, -0.25) is 0 Å². The smallest absolute Gasteiger partial charge is 0.317 e. The summed E-state index contributed by atoms with van der Waals surface area (Å²) in [5.41, 5.74) is 0.501. The van der Waals surface area contributed by atoms with Crippen LogP contribution in [0.4, 0.5) is 9.18 Å². The average Bonchev–Trinajstić information content (AvgIpc) is 2.51. The van der Waals surface area contributed by atoms with E-state index in [1.807, 2.05) is 0 Å². The van der Waals surface area contributed by atoms with Gasteiger partial charge in [0.15, 0.2) is 11.6 Å². The van der Waals surface area contributed by atoms with Gasteiger partial charge in [-0.1, -0.05) is 13.3 Å². The zero-order chi connectivity index (χ0) is 16.1. The molecule has 1 saturated heterocycles. The van der Waals surface area contributed by atoms with Gasteiger partial charge in [-0.05, 0) is 31.2 Å². The molecular formula is C16H23FN2O3. The van der Waals surface area contributed by atoms with Crippen molar-refractivity contribution in [2.24, 2.45) is 0 Å². The summed E-state index contributed by atoms with van der Waals surface area (Å²) in [5.74, 6) is -1.37. The number of urea groups is 1. The Bertz CT molecular complexity index is 528. The molecule has 1 aromatic carbocycles. The fourth-order valence-electron chi connectivity index (χ4n) is 2.77. The summed E-state index contributed by atoms with van der Waals surface area (Å²) in [6, 6.07) is 2.16. The quantitative estimate of drug-likeness (QED) is 0.749. The van der Waals surface area contributed by atoms with Gasteiger partial charge in [0, 0.05) is 31.3 Å². The van der Waals surface area contributed by atoms with Gasteiger partial charge in [-0.2, -0.15) is 0 Å². The van der Waals surface area contributed by atoms with E-state index in [0.29, 0.717) is 38.0 Å². The SMILES string of the molecule is CCCCNC(=O)N1CCC(c2cc(F)c(O)cc2O)CC1. The number of halogens is 1. The summed E-state index contributed by atoms with van der Waals surface area (Å²) >= 11 is 0. The monoisotopic (exact) mass is 310 g/mol. The minimum atomic E-state index is -0.729. The Kier molecular flexibility index (Phi) is 5.46. The molecule has 0 saturated carbocycles. The van der Waals surface area contributed by atoms with Crippen LogP contribution in [0.1, 0.15) is 44.1 Å². The molecule has 0 spiro atoms. The number of hydrogen-bond donors (Lipinski definition) is 3. The van der Waals surface area contributed by atoms with E-state index in [-0.39, 0.29) is 17.7 Å². The lowest BCUT2D eigenvalue weighted by Crippen LogP contribution is -2.44. The highest BCUT2D eigenvalue weighted by atomic mass is 19.1. The lowest BCUT2D eigenvalue weighted by molar-refractivity contribution is 0.181. The zero-order valence-electron chi connectivity index (χ0n) is 12.8. The Hall–Kier alpha value is -1.98. The highest BCUT2D eigenvalue weighted by molar-refractivity contribution is 5.74. The first-order chi connectivity index (χ1) is 10.5. The summed E-state index contributed by atoms with van der Waals surface area (Å²) in [6.45, 7) is 3.90. The fourth-order valence-corrected chi connectivity index (χ4v) is 2.77. The summed E-state index contributed by atoms with van der Waals surface area (Å²) in [5, 5.41) is 22.0. The highest BCUT2D eigenvalue weighted by Crippen LogP contribution is 2.36. The molecule has 2 rings (SSSR count). The van der Waals surface area contributed by atoms with E-state index >= 15 is 0 Å². The molecule has 0 aliphatic carbocycles. The maximum atomic E-state index is 13.5. The first-order valence-electron chi connectivity index (χ1n) is 7.77. The molecule has 1 fully saturated rings. The molecule has 6 heteroatoms. The number of phenolic OH excluding ortho intramolecular Hbond substituents is 2. The molecular weight excluding hydrogens is 287 g/mol. The van der Waals surface area contributed by atoms with Crippen molar-refractivity contribution in [3.05, 3.63) is 23.5 Å². The molecule has 0 radical (unpaired) electrons. The topological polar surface area (TPSA) is 72.8 Å². The number of aromatic hydroxyl groups is 2. The number of hydrogen-bond acceptors (Lipinski definition) is 3. The van der Waals surface area contributed by atoms with Crippen LogP contribution >= 0.6 is 0 Å². The van der Waals surface area contributed by atoms with E-state index < -0.39 is 11.6 Å². The minimum Gasteiger partial charge on any atom is -0.508 e. The van der Waals surface area contributed by atoms with Gasteiger partial charge in [-0.25, -0.2) is 9.18 Å². The zero-order valence-corrected chi connectivity index (χ0v) is 12.8. The molecule has 5 nitrogen and oxygen atoms in total. The summed E-state index contributed by atoms with van der Waals surface area (Å²) in [6.07, 6.45) is 3.33. The number of likely N-dealkylation sites (tertiary alicyclic amines) is 1. The van der Waals surface area contributed by atoms with Gasteiger partial charge >= 0.3 is 6.03 Å². The largest absolute Gasteiger partial charge is 0.508 e. The molecule has 1 aliphatic rings. The molecule has 0 unspecified atom stereocenters. The third-order valence-electron chi connectivity index (χ3n) is 4.12. The van der Waals surface area contributed by atoms with Crippen LogP contribution in [-0.2, 0) is 0 Å². The van der Waals surface area contributed by atoms with Crippen LogP contribution in [0.15, 0.2) is 12.1 Å². The predicted octanol–water partition coefficient (Wildman–Crippen LogP) is 2.93. The average molecular weight is 310 g/mol. The Labute approximate surface area is 129 Å². The standard InChI is InChI=1S/C16H23FN2O3/c1-2-3-6-18-16(22)19-7-4-11(5-8-19)12-9-13(17)15(21)10-14(12)20/h9-11,20-21H,2-8H2,1H3,(H,18,22). The molecule has 122 valence electrons. The van der Waals surface area contributed by atoms with E-state index in [1.54, 1.807) is 4.90 Å². The van der Waals surface area contributed by atoms with Crippen molar-refractivity contribution in [1.29, 1.82) is 0 Å². The number of benzene rings is 1. The molecule has 0 aromatic heterocycles. The molecule has 1 heterocycles. The van der Waals surface area contributed by atoms with E-state index in [1.165, 1.54) is 6.07 Å². The second-order valence-electron chi connectivity index (χ2n) is 5.71. The Morgan fingerprint density at radius 2 is 2.00 bits per heavy atom. The normalized spacial score (nSPS) is 15.8. The van der Waals surface area contributed by atoms with Crippen molar-refractivity contribution in [1.82, 2.24) is 10.2 Å². The van der Waals surface area contributed by atoms with Crippen molar-refractivity contribution < 1.29 is 19.4 Å². The van der Waals surface area contributed by atoms with Crippen LogP contribution in [0.3, 0.4) is 0 Å². The molecule has 0 atom stereocenters. The van der Waals surface area contributed by atoms with Gasteiger partial charge in [0.25, 0.3) is 0 Å². The van der Waals surface area contributed by atoms with E-state index in [0.717, 1.165) is 18.9 Å². The van der Waals surface area contributed by atoms with Gasteiger partial charge in [0.2, 0.25) is 0 Å². The number of nitrogens with zero attached hydrogens (tertiary/aromatic N) is 1. The molecule has 2 amide bonds. The Morgan fingerprint density at radius 3 is 2.64 bits per heavy atom. The Morgan fingerprint density at radius 1 is 1.32 bits per heavy atom. The van der Waals surface area contributed by atoms with Crippen molar-refractivity contribution >= 4 is 6.03 Å². The van der Waals surface area contributed by atoms with Crippen LogP contribution in [0.25, 0.3) is 0 Å². The van der Waals surface area contributed by atoms with Crippen molar-refractivity contribution in [3.8, 4) is 11.5 Å². The molecule has 22 heavy (non-hydrogen) atoms. The number of carbonyl (C=O) groups excluding carboxylic acids is 1. The first-order valence-corrected chi connectivity index (χ1v) is 7.77. The van der Waals surface area contributed by atoms with Gasteiger partial charge in [-0.15, -0.1) is 0 Å². The fraction of sp³-hybridized carbons (Fsp3) is 0.562. The maximum Gasteiger partial charge on any atom is 0.317 e. The van der Waals surface area contributed by atoms with Crippen LogP contribution < -0.4 is 5.32 Å². The highest BCUT2D eigenvalue weighted by Gasteiger charge is 2.26. The van der Waals surface area contributed by atoms with Crippen LogP contribution in [0, 0.1) is 5.82 Å². The molecule has 1 aliphatic heterocycles. The lowest BCUT2D eigenvalue weighted by Gasteiger charge is -2.32. The van der Waals surface area contributed by atoms with E-state index in [9.17, 15) is 19.4 Å². The third kappa shape index (κ3) is 3.81. The van der Waals surface area contributed by atoms with Gasteiger partial charge in [0.05, 0.1) is 0 Å². The predicted molar refractivity (Wildman–Crippen MR) is 81.6 cm³/mol. The van der Waals surface area contributed by atoms with Crippen LogP contribution in [-0.4, -0.2) is 40.8 Å². The first kappa shape index (κ1) is 16.4. The minimum absolute atomic E-state index is 0.00482. The number of phenols is 2. The maximum absolute atomic E-state index is 13.5. The van der Waals surface area contributed by atoms with Gasteiger partial charge < -0.3 is 20.4 Å². The summed E-state index contributed by atoms with van der Waals surface area (Å²) < 4.78 is 13.5. The van der Waals surface area contributed by atoms with E-state index in [4.69, 9.17) is 0 Å². The Balaban J connectivity index is 1.92. The number of amides is 2.